The number of aryl methyl sites for hydroxylation is 1. The van der Waals surface area contributed by atoms with Gasteiger partial charge < -0.3 is 20.1 Å². The summed E-state index contributed by atoms with van der Waals surface area (Å²) in [5.74, 6) is -0.730. The van der Waals surface area contributed by atoms with Gasteiger partial charge in [0.05, 0.1) is 11.3 Å². The highest BCUT2D eigenvalue weighted by Crippen LogP contribution is 2.43. The second kappa shape index (κ2) is 10.2. The van der Waals surface area contributed by atoms with Crippen LogP contribution in [0.3, 0.4) is 0 Å². The van der Waals surface area contributed by atoms with Crippen LogP contribution in [0.5, 0.6) is 5.75 Å². The molecule has 0 saturated carbocycles. The van der Waals surface area contributed by atoms with E-state index in [2.05, 4.69) is 10.6 Å². The van der Waals surface area contributed by atoms with E-state index in [0.717, 1.165) is 11.1 Å². The quantitative estimate of drug-likeness (QED) is 0.415. The van der Waals surface area contributed by atoms with Crippen molar-refractivity contribution in [1.29, 1.82) is 0 Å². The molecule has 0 aliphatic heterocycles. The largest absolute Gasteiger partial charge is 0.479 e. The Morgan fingerprint density at radius 1 is 1.12 bits per heavy atom. The molecule has 2 N–H and O–H groups in total. The van der Waals surface area contributed by atoms with Gasteiger partial charge in [-0.15, -0.1) is 11.3 Å². The number of rotatable bonds is 7. The van der Waals surface area contributed by atoms with Gasteiger partial charge in [0.2, 0.25) is 5.91 Å². The molecule has 1 heterocycles. The monoisotopic (exact) mass is 488 g/mol. The van der Waals surface area contributed by atoms with Gasteiger partial charge in [0, 0.05) is 23.0 Å². The van der Waals surface area contributed by atoms with E-state index < -0.39 is 12.1 Å². The van der Waals surface area contributed by atoms with Gasteiger partial charge in [-0.2, -0.15) is 0 Å². The number of carbonyl (C=O) groups is 3. The number of anilines is 2. The van der Waals surface area contributed by atoms with E-state index in [0.29, 0.717) is 31.5 Å². The molecule has 1 atom stereocenters. The Kier molecular flexibility index (Phi) is 7.61. The highest BCUT2D eigenvalue weighted by atomic mass is 35.5. The standard InChI is InChI=1S/C24H25ClN2O5S/c1-6-31-24(30)19-16-11-10-12(2)20(21(16)33-23(19)26-15(5)28)32-14(4)22(29)27-18-9-7-8-17(25)13(18)3/h7-11,14H,6H2,1-5H3,(H,26,28)(H,27,29)/t14-/m0/s1. The molecule has 0 aliphatic carbocycles. The van der Waals surface area contributed by atoms with E-state index in [1.807, 2.05) is 13.8 Å². The SMILES string of the molecule is CCOC(=O)c1c(NC(C)=O)sc2c(O[C@@H](C)C(=O)Nc3cccc(Cl)c3C)c(C)ccc12. The first-order valence-corrected chi connectivity index (χ1v) is 11.6. The predicted octanol–water partition coefficient (Wildman–Crippen LogP) is 5.71. The van der Waals surface area contributed by atoms with Crippen molar-refractivity contribution >= 4 is 61.5 Å². The first-order valence-electron chi connectivity index (χ1n) is 10.4. The highest BCUT2D eigenvalue weighted by Gasteiger charge is 2.25. The summed E-state index contributed by atoms with van der Waals surface area (Å²) in [6.07, 6.45) is -0.843. The van der Waals surface area contributed by atoms with Crippen molar-refractivity contribution in [2.24, 2.45) is 0 Å². The minimum absolute atomic E-state index is 0.199. The Bertz CT molecular complexity index is 1240. The van der Waals surface area contributed by atoms with Crippen LogP contribution < -0.4 is 15.4 Å². The zero-order valence-corrected chi connectivity index (χ0v) is 20.6. The average molecular weight is 489 g/mol. The number of benzene rings is 2. The van der Waals surface area contributed by atoms with Crippen molar-refractivity contribution < 1.29 is 23.9 Å². The van der Waals surface area contributed by atoms with Crippen molar-refractivity contribution in [3.05, 3.63) is 52.0 Å². The van der Waals surface area contributed by atoms with Gasteiger partial charge in [0.15, 0.2) is 6.10 Å². The molecule has 0 unspecified atom stereocenters. The number of ether oxygens (including phenoxy) is 2. The van der Waals surface area contributed by atoms with Crippen molar-refractivity contribution in [1.82, 2.24) is 0 Å². The predicted molar refractivity (Wildman–Crippen MR) is 132 cm³/mol. The Labute approximate surface area is 201 Å². The molecule has 0 saturated heterocycles. The van der Waals surface area contributed by atoms with Crippen LogP contribution in [-0.2, 0) is 14.3 Å². The Balaban J connectivity index is 1.97. The number of hydrogen-bond donors (Lipinski definition) is 2. The summed E-state index contributed by atoms with van der Waals surface area (Å²) >= 11 is 7.35. The van der Waals surface area contributed by atoms with Crippen LogP contribution in [0.15, 0.2) is 30.3 Å². The molecular weight excluding hydrogens is 464 g/mol. The summed E-state index contributed by atoms with van der Waals surface area (Å²) in [5, 5.41) is 7.05. The van der Waals surface area contributed by atoms with Gasteiger partial charge in [-0.25, -0.2) is 4.79 Å². The zero-order chi connectivity index (χ0) is 24.3. The third-order valence-electron chi connectivity index (χ3n) is 4.97. The molecule has 9 heteroatoms. The lowest BCUT2D eigenvalue weighted by atomic mass is 10.1. The lowest BCUT2D eigenvalue weighted by Gasteiger charge is -2.18. The van der Waals surface area contributed by atoms with Crippen LogP contribution in [-0.4, -0.2) is 30.5 Å². The molecule has 0 radical (unpaired) electrons. The second-order valence-corrected chi connectivity index (χ2v) is 8.89. The molecule has 7 nitrogen and oxygen atoms in total. The summed E-state index contributed by atoms with van der Waals surface area (Å²) in [7, 11) is 0. The summed E-state index contributed by atoms with van der Waals surface area (Å²) < 4.78 is 11.9. The summed E-state index contributed by atoms with van der Waals surface area (Å²) in [4.78, 5) is 37.2. The van der Waals surface area contributed by atoms with E-state index in [1.54, 1.807) is 44.2 Å². The molecule has 3 aromatic rings. The zero-order valence-electron chi connectivity index (χ0n) is 19.0. The van der Waals surface area contributed by atoms with Crippen LogP contribution in [0.4, 0.5) is 10.7 Å². The molecule has 2 aromatic carbocycles. The van der Waals surface area contributed by atoms with Gasteiger partial charge in [-0.05, 0) is 51.0 Å². The van der Waals surface area contributed by atoms with Crippen LogP contribution >= 0.6 is 22.9 Å². The molecular formula is C24H25ClN2O5S. The third kappa shape index (κ3) is 5.29. The van der Waals surface area contributed by atoms with Crippen molar-refractivity contribution in [2.75, 3.05) is 17.2 Å². The highest BCUT2D eigenvalue weighted by molar-refractivity contribution is 7.24. The number of hydrogen-bond acceptors (Lipinski definition) is 6. The number of nitrogens with one attached hydrogen (secondary N) is 2. The topological polar surface area (TPSA) is 93.7 Å². The number of thiophene rings is 1. The fourth-order valence-electron chi connectivity index (χ4n) is 3.24. The minimum atomic E-state index is -0.843. The number of fused-ring (bicyclic) bond motifs is 1. The normalized spacial score (nSPS) is 11.7. The van der Waals surface area contributed by atoms with Gasteiger partial charge in [-0.3, -0.25) is 9.59 Å². The molecule has 33 heavy (non-hydrogen) atoms. The molecule has 174 valence electrons. The van der Waals surface area contributed by atoms with Gasteiger partial charge >= 0.3 is 5.97 Å². The summed E-state index contributed by atoms with van der Waals surface area (Å²) in [5.41, 5.74) is 2.41. The number of esters is 1. The van der Waals surface area contributed by atoms with Gasteiger partial charge in [0.1, 0.15) is 16.3 Å². The fraction of sp³-hybridized carbons (Fsp3) is 0.292. The molecule has 0 fully saturated rings. The third-order valence-corrected chi connectivity index (χ3v) is 6.50. The number of carbonyl (C=O) groups excluding carboxylic acids is 3. The van der Waals surface area contributed by atoms with Gasteiger partial charge in [-0.1, -0.05) is 29.8 Å². The molecule has 2 amide bonds. The molecule has 3 rings (SSSR count). The van der Waals surface area contributed by atoms with E-state index in [-0.39, 0.29) is 24.0 Å². The van der Waals surface area contributed by atoms with E-state index in [1.165, 1.54) is 18.3 Å². The van der Waals surface area contributed by atoms with E-state index >= 15 is 0 Å². The van der Waals surface area contributed by atoms with Crippen LogP contribution in [0, 0.1) is 13.8 Å². The second-order valence-electron chi connectivity index (χ2n) is 7.46. The van der Waals surface area contributed by atoms with Crippen LogP contribution in [0.25, 0.3) is 10.1 Å². The lowest BCUT2D eigenvalue weighted by Crippen LogP contribution is -2.30. The van der Waals surface area contributed by atoms with Crippen molar-refractivity contribution in [3.63, 3.8) is 0 Å². The average Bonchev–Trinajstić information content (AvgIpc) is 3.11. The molecule has 0 aliphatic rings. The Hall–Kier alpha value is -3.10. The Morgan fingerprint density at radius 2 is 1.85 bits per heavy atom. The smallest absolute Gasteiger partial charge is 0.341 e. The molecule has 1 aromatic heterocycles. The minimum Gasteiger partial charge on any atom is -0.479 e. The maximum absolute atomic E-state index is 12.8. The van der Waals surface area contributed by atoms with Crippen LogP contribution in [0.2, 0.25) is 5.02 Å². The van der Waals surface area contributed by atoms with Gasteiger partial charge in [0.25, 0.3) is 5.91 Å². The lowest BCUT2D eigenvalue weighted by molar-refractivity contribution is -0.122. The molecule has 0 spiro atoms. The summed E-state index contributed by atoms with van der Waals surface area (Å²) in [6, 6.07) is 8.86. The maximum atomic E-state index is 12.8. The first kappa shape index (κ1) is 24.5. The summed E-state index contributed by atoms with van der Waals surface area (Å²) in [6.45, 7) is 8.59. The maximum Gasteiger partial charge on any atom is 0.341 e. The van der Waals surface area contributed by atoms with Crippen LogP contribution in [0.1, 0.15) is 42.3 Å². The van der Waals surface area contributed by atoms with E-state index in [4.69, 9.17) is 21.1 Å². The number of halogens is 1. The Morgan fingerprint density at radius 3 is 2.52 bits per heavy atom. The first-order chi connectivity index (χ1) is 15.6. The van der Waals surface area contributed by atoms with Crippen molar-refractivity contribution in [3.8, 4) is 5.75 Å². The molecule has 0 bridgehead atoms. The number of amides is 2. The van der Waals surface area contributed by atoms with E-state index in [9.17, 15) is 14.4 Å². The van der Waals surface area contributed by atoms with Crippen molar-refractivity contribution in [2.45, 2.75) is 40.7 Å². The fourth-order valence-corrected chi connectivity index (χ4v) is 4.69.